The second-order valence-corrected chi connectivity index (χ2v) is 15.9. The highest BCUT2D eigenvalue weighted by atomic mass is 16.5. The molecule has 0 spiro atoms. The summed E-state index contributed by atoms with van der Waals surface area (Å²) in [5, 5.41) is 7.33. The summed E-state index contributed by atoms with van der Waals surface area (Å²) >= 11 is 0. The molecular weight excluding hydrogens is 897 g/mol. The molecule has 14 heteroatoms. The highest BCUT2D eigenvalue weighted by Gasteiger charge is 2.14. The third-order valence-electron chi connectivity index (χ3n) is 11.0. The summed E-state index contributed by atoms with van der Waals surface area (Å²) in [5.74, 6) is 14.2. The molecule has 0 radical (unpaired) electrons. The normalized spacial score (nSPS) is 10.3. The van der Waals surface area contributed by atoms with Gasteiger partial charge in [-0.25, -0.2) is 9.97 Å². The molecule has 0 aliphatic rings. The van der Waals surface area contributed by atoms with Crippen molar-refractivity contribution in [2.75, 3.05) is 26.3 Å². The van der Waals surface area contributed by atoms with Gasteiger partial charge in [-0.1, -0.05) is 82.4 Å². The van der Waals surface area contributed by atoms with Crippen molar-refractivity contribution in [1.29, 1.82) is 0 Å². The smallest absolute Gasteiger partial charge is 0.136 e. The number of azide groups is 2. The molecule has 0 N–H and O–H groups in total. The van der Waals surface area contributed by atoms with Crippen LogP contribution in [0.3, 0.4) is 0 Å². The van der Waals surface area contributed by atoms with E-state index in [0.29, 0.717) is 35.5 Å². The van der Waals surface area contributed by atoms with Crippen LogP contribution in [0.5, 0.6) is 11.5 Å². The Labute approximate surface area is 415 Å². The Hall–Kier alpha value is -10.1. The fourth-order valence-corrected chi connectivity index (χ4v) is 7.47. The van der Waals surface area contributed by atoms with E-state index in [1.54, 1.807) is 24.8 Å². The van der Waals surface area contributed by atoms with Crippen molar-refractivity contribution in [3.8, 4) is 103 Å². The van der Waals surface area contributed by atoms with Crippen molar-refractivity contribution in [1.82, 2.24) is 29.9 Å². The summed E-state index contributed by atoms with van der Waals surface area (Å²) in [4.78, 5) is 33.8. The van der Waals surface area contributed by atoms with Crippen LogP contribution in [0, 0.1) is 23.7 Å². The van der Waals surface area contributed by atoms with E-state index in [9.17, 15) is 0 Å². The molecule has 6 aromatic heterocycles. The van der Waals surface area contributed by atoms with Gasteiger partial charge in [-0.05, 0) is 143 Å². The number of hydrogen-bond acceptors (Lipinski definition) is 10. The van der Waals surface area contributed by atoms with Crippen molar-refractivity contribution in [3.63, 3.8) is 0 Å². The number of hydrogen-bond donors (Lipinski definition) is 0. The average Bonchev–Trinajstić information content (AvgIpc) is 3.45. The Morgan fingerprint density at radius 3 is 1.04 bits per heavy atom. The van der Waals surface area contributed by atoms with E-state index in [0.717, 1.165) is 78.9 Å². The van der Waals surface area contributed by atoms with Gasteiger partial charge in [-0.3, -0.25) is 19.9 Å². The fourth-order valence-electron chi connectivity index (χ4n) is 7.47. The van der Waals surface area contributed by atoms with Gasteiger partial charge >= 0.3 is 0 Å². The molecule has 0 atom stereocenters. The van der Waals surface area contributed by atoms with Gasteiger partial charge in [0, 0.05) is 71.0 Å². The molecule has 6 heterocycles. The SMILES string of the molecule is [N-]=[N+]=NCCCOc1cc(C#Cc2ccc(-c3cc(-c4ccccn4)nc(-c4ccccn4)c3)cc2)c(OCCCN=[N+]=[N-])cc1C#Cc1ccc(-c2cc(-c3ccccn3)nc(-c3ccccn3)c2)cc1. The monoisotopic (exact) mass is 938 g/mol. The predicted molar refractivity (Wildman–Crippen MR) is 279 cm³/mol. The number of benzene rings is 3. The predicted octanol–water partition coefficient (Wildman–Crippen LogP) is 13.0. The van der Waals surface area contributed by atoms with E-state index >= 15 is 0 Å². The second-order valence-electron chi connectivity index (χ2n) is 15.9. The molecular formula is C58H42N12O2. The van der Waals surface area contributed by atoms with Crippen molar-refractivity contribution in [2.24, 2.45) is 10.2 Å². The molecule has 72 heavy (non-hydrogen) atoms. The van der Waals surface area contributed by atoms with Crippen LogP contribution in [-0.2, 0) is 0 Å². The zero-order valence-electron chi connectivity index (χ0n) is 38.7. The topological polar surface area (TPSA) is 193 Å². The van der Waals surface area contributed by atoms with Gasteiger partial charge < -0.3 is 9.47 Å². The first-order valence-electron chi connectivity index (χ1n) is 23.0. The first-order valence-corrected chi connectivity index (χ1v) is 23.0. The minimum Gasteiger partial charge on any atom is -0.492 e. The molecule has 0 saturated heterocycles. The molecule has 0 unspecified atom stereocenters. The average molecular weight is 939 g/mol. The summed E-state index contributed by atoms with van der Waals surface area (Å²) in [7, 11) is 0. The summed E-state index contributed by atoms with van der Waals surface area (Å²) in [6.07, 6.45) is 8.00. The molecule has 0 aliphatic carbocycles. The van der Waals surface area contributed by atoms with Gasteiger partial charge in [0.1, 0.15) is 11.5 Å². The van der Waals surface area contributed by atoms with E-state index in [1.807, 2.05) is 158 Å². The third-order valence-corrected chi connectivity index (χ3v) is 11.0. The van der Waals surface area contributed by atoms with Crippen LogP contribution >= 0.6 is 0 Å². The maximum absolute atomic E-state index is 8.86. The highest BCUT2D eigenvalue weighted by molar-refractivity contribution is 5.77. The van der Waals surface area contributed by atoms with Crippen LogP contribution in [0.2, 0.25) is 0 Å². The minimum absolute atomic E-state index is 0.273. The van der Waals surface area contributed by atoms with Gasteiger partial charge in [0.2, 0.25) is 0 Å². The summed E-state index contributed by atoms with van der Waals surface area (Å²) in [6, 6.07) is 50.7. The first kappa shape index (κ1) is 47.0. The molecule has 0 fully saturated rings. The Morgan fingerprint density at radius 1 is 0.389 bits per heavy atom. The fraction of sp³-hybridized carbons (Fsp3) is 0.103. The highest BCUT2D eigenvalue weighted by Crippen LogP contribution is 2.32. The maximum Gasteiger partial charge on any atom is 0.136 e. The lowest BCUT2D eigenvalue weighted by Gasteiger charge is -2.13. The van der Waals surface area contributed by atoms with Gasteiger partial charge in [-0.15, -0.1) is 0 Å². The standard InChI is InChI=1S/C58H42N12O2/c59-69-65-31-9-33-71-57-40-46(26-20-42-17-23-44(24-18-42)48-37-55(51-13-3-7-29-63-51)68-56(38-48)52-14-4-8-30-64-52)58(72-34-10-32-66-70-60)39-45(57)25-19-41-15-21-43(22-16-41)47-35-53(49-11-1-5-27-61-49)67-54(36-47)50-12-2-6-28-62-50/h1-8,11-18,21-24,27-30,35-40H,9-10,31-34H2. The number of rotatable bonds is 16. The largest absolute Gasteiger partial charge is 0.492 e. The van der Waals surface area contributed by atoms with Crippen molar-refractivity contribution in [3.05, 3.63) is 226 Å². The van der Waals surface area contributed by atoms with Crippen molar-refractivity contribution >= 4 is 0 Å². The zero-order chi connectivity index (χ0) is 49.2. The zero-order valence-corrected chi connectivity index (χ0v) is 38.7. The van der Waals surface area contributed by atoms with Crippen molar-refractivity contribution < 1.29 is 9.47 Å². The van der Waals surface area contributed by atoms with Gasteiger partial charge in [0.15, 0.2) is 0 Å². The summed E-state index contributed by atoms with van der Waals surface area (Å²) < 4.78 is 12.6. The number of aromatic nitrogens is 6. The Bertz CT molecular complexity index is 3170. The molecule has 9 rings (SSSR count). The van der Waals surface area contributed by atoms with Crippen LogP contribution in [0.25, 0.3) is 88.7 Å². The molecule has 0 saturated carbocycles. The van der Waals surface area contributed by atoms with Crippen molar-refractivity contribution in [2.45, 2.75) is 12.8 Å². The third kappa shape index (κ3) is 12.3. The molecule has 0 aliphatic heterocycles. The first-order chi connectivity index (χ1) is 35.6. The van der Waals surface area contributed by atoms with Gasteiger partial charge in [0.05, 0.1) is 69.9 Å². The van der Waals surface area contributed by atoms with Gasteiger partial charge in [0.25, 0.3) is 0 Å². The maximum atomic E-state index is 8.86. The van der Waals surface area contributed by atoms with Crippen LogP contribution in [0.4, 0.5) is 0 Å². The molecule has 3 aromatic carbocycles. The molecule has 9 aromatic rings. The summed E-state index contributed by atoms with van der Waals surface area (Å²) in [5.41, 5.74) is 30.2. The van der Waals surface area contributed by atoms with Crippen LogP contribution in [0.1, 0.15) is 35.1 Å². The van der Waals surface area contributed by atoms with Crippen LogP contribution in [-0.4, -0.2) is 56.2 Å². The van der Waals surface area contributed by atoms with E-state index in [4.69, 9.17) is 30.5 Å². The van der Waals surface area contributed by atoms with E-state index in [1.165, 1.54) is 0 Å². The molecule has 346 valence electrons. The van der Waals surface area contributed by atoms with Crippen LogP contribution < -0.4 is 9.47 Å². The number of ether oxygens (including phenoxy) is 2. The van der Waals surface area contributed by atoms with Gasteiger partial charge in [-0.2, -0.15) is 0 Å². The molecule has 0 bridgehead atoms. The lowest BCUT2D eigenvalue weighted by Crippen LogP contribution is -2.04. The number of nitrogens with zero attached hydrogens (tertiary/aromatic N) is 12. The van der Waals surface area contributed by atoms with E-state index in [-0.39, 0.29) is 26.3 Å². The van der Waals surface area contributed by atoms with E-state index in [2.05, 4.69) is 63.7 Å². The lowest BCUT2D eigenvalue weighted by molar-refractivity contribution is 0.303. The Kier molecular flexibility index (Phi) is 15.5. The summed E-state index contributed by atoms with van der Waals surface area (Å²) in [6.45, 7) is 1.10. The Morgan fingerprint density at radius 2 is 0.736 bits per heavy atom. The second kappa shape index (κ2) is 23.8. The quantitative estimate of drug-likeness (QED) is 0.0300. The van der Waals surface area contributed by atoms with E-state index < -0.39 is 0 Å². The molecule has 14 nitrogen and oxygen atoms in total. The van der Waals surface area contributed by atoms with Crippen LogP contribution in [0.15, 0.2) is 193 Å². The molecule has 0 amide bonds. The number of pyridine rings is 6. The minimum atomic E-state index is 0.273. The lowest BCUT2D eigenvalue weighted by atomic mass is 10.0. The Balaban J connectivity index is 1.03.